The molecular formula is C9H9F2O9S2-. The molecule has 9 nitrogen and oxygen atoms in total. The second kappa shape index (κ2) is 5.51. The van der Waals surface area contributed by atoms with Crippen molar-refractivity contribution in [3.8, 4) is 0 Å². The van der Waals surface area contributed by atoms with Crippen molar-refractivity contribution in [3.05, 3.63) is 0 Å². The summed E-state index contributed by atoms with van der Waals surface area (Å²) in [6, 6.07) is 0. The van der Waals surface area contributed by atoms with E-state index in [1.54, 1.807) is 0 Å². The lowest BCUT2D eigenvalue weighted by Gasteiger charge is -2.21. The molecule has 3 heterocycles. The third kappa shape index (κ3) is 2.70. The number of fused-ring (bicyclic) bond motifs is 1. The van der Waals surface area contributed by atoms with Gasteiger partial charge in [-0.2, -0.15) is 21.5 Å². The van der Waals surface area contributed by atoms with Gasteiger partial charge in [-0.1, -0.05) is 0 Å². The normalized spacial score (nSPS) is 38.4. The SMILES string of the molecule is O=C(OCC(F)(F)SOO[O-])C1C2CC3C(O2)C1OS3(=O)=O. The molecule has 0 aromatic rings. The molecule has 0 spiro atoms. The molecule has 5 atom stereocenters. The molecular weight excluding hydrogens is 354 g/mol. The first-order chi connectivity index (χ1) is 10.2. The van der Waals surface area contributed by atoms with Gasteiger partial charge in [-0.3, -0.25) is 14.0 Å². The molecule has 0 aromatic heterocycles. The van der Waals surface area contributed by atoms with E-state index >= 15 is 0 Å². The van der Waals surface area contributed by atoms with E-state index in [0.717, 1.165) is 0 Å². The van der Waals surface area contributed by atoms with Crippen molar-refractivity contribution in [2.24, 2.45) is 5.92 Å². The molecule has 0 aromatic carbocycles. The Hall–Kier alpha value is -0.570. The molecule has 0 saturated carbocycles. The van der Waals surface area contributed by atoms with Gasteiger partial charge >= 0.3 is 11.2 Å². The van der Waals surface area contributed by atoms with Crippen LogP contribution in [0.4, 0.5) is 8.78 Å². The number of hydrogen-bond acceptors (Lipinski definition) is 10. The maximum absolute atomic E-state index is 13.1. The van der Waals surface area contributed by atoms with Gasteiger partial charge in [-0.05, 0) is 6.42 Å². The van der Waals surface area contributed by atoms with Crippen LogP contribution < -0.4 is 5.26 Å². The first kappa shape index (κ1) is 16.3. The van der Waals surface area contributed by atoms with E-state index < -0.39 is 69.5 Å². The summed E-state index contributed by atoms with van der Waals surface area (Å²) in [6.07, 6.45) is -2.52. The van der Waals surface area contributed by atoms with Gasteiger partial charge in [0, 0.05) is 0 Å². The summed E-state index contributed by atoms with van der Waals surface area (Å²) in [5.74, 6) is -2.15. The topological polar surface area (TPSA) is 120 Å². The number of ether oxygens (including phenoxy) is 2. The quantitative estimate of drug-likeness (QED) is 0.189. The smallest absolute Gasteiger partial charge is 0.354 e. The van der Waals surface area contributed by atoms with Crippen molar-refractivity contribution in [1.29, 1.82) is 0 Å². The van der Waals surface area contributed by atoms with Crippen molar-refractivity contribution < 1.29 is 50.3 Å². The molecule has 3 rings (SSSR count). The average Bonchev–Trinajstić information content (AvgIpc) is 3.04. The minimum atomic E-state index is -3.81. The molecule has 13 heteroatoms. The number of rotatable bonds is 6. The van der Waals surface area contributed by atoms with Gasteiger partial charge in [0.2, 0.25) is 0 Å². The predicted molar refractivity (Wildman–Crippen MR) is 60.0 cm³/mol. The van der Waals surface area contributed by atoms with Gasteiger partial charge in [0.25, 0.3) is 10.1 Å². The zero-order chi connectivity index (χ0) is 16.1. The highest BCUT2D eigenvalue weighted by Crippen LogP contribution is 2.50. The van der Waals surface area contributed by atoms with E-state index in [9.17, 15) is 27.3 Å². The fraction of sp³-hybridized carbons (Fsp3) is 0.889. The highest BCUT2D eigenvalue weighted by atomic mass is 32.2. The Morgan fingerprint density at radius 2 is 2.14 bits per heavy atom. The molecule has 0 radical (unpaired) electrons. The Labute approximate surface area is 127 Å². The van der Waals surface area contributed by atoms with Crippen molar-refractivity contribution in [2.45, 2.75) is 35.2 Å². The zero-order valence-electron chi connectivity index (χ0n) is 10.5. The molecule has 0 N–H and O–H groups in total. The van der Waals surface area contributed by atoms with E-state index in [4.69, 9.17) is 8.92 Å². The molecule has 3 aliphatic heterocycles. The lowest BCUT2D eigenvalue weighted by Crippen LogP contribution is -2.40. The van der Waals surface area contributed by atoms with Gasteiger partial charge in [0.05, 0.1) is 6.10 Å². The van der Waals surface area contributed by atoms with E-state index in [1.807, 2.05) is 0 Å². The molecule has 3 fully saturated rings. The summed E-state index contributed by atoms with van der Waals surface area (Å²) in [6.45, 7) is -1.38. The Balaban J connectivity index is 1.61. The van der Waals surface area contributed by atoms with Crippen LogP contribution >= 0.6 is 12.0 Å². The van der Waals surface area contributed by atoms with Gasteiger partial charge < -0.3 is 14.7 Å². The highest BCUT2D eigenvalue weighted by Gasteiger charge is 2.68. The van der Waals surface area contributed by atoms with Gasteiger partial charge in [0.15, 0.2) is 6.61 Å². The molecule has 3 aliphatic rings. The minimum absolute atomic E-state index is 0.0571. The Morgan fingerprint density at radius 1 is 1.41 bits per heavy atom. The van der Waals surface area contributed by atoms with Crippen LogP contribution in [0, 0.1) is 5.92 Å². The van der Waals surface area contributed by atoms with E-state index in [1.165, 1.54) is 0 Å². The summed E-state index contributed by atoms with van der Waals surface area (Å²) in [4.78, 5) is 11.9. The second-order valence-corrected chi connectivity index (χ2v) is 7.64. The van der Waals surface area contributed by atoms with Crippen LogP contribution in [0.2, 0.25) is 0 Å². The molecule has 0 amide bonds. The summed E-state index contributed by atoms with van der Waals surface area (Å²) < 4.78 is 67.7. The minimum Gasteiger partial charge on any atom is -0.691 e. The first-order valence-corrected chi connectivity index (χ1v) is 8.23. The lowest BCUT2D eigenvalue weighted by atomic mass is 9.86. The van der Waals surface area contributed by atoms with Crippen LogP contribution in [0.3, 0.4) is 0 Å². The van der Waals surface area contributed by atoms with E-state index in [2.05, 4.69) is 14.1 Å². The summed E-state index contributed by atoms with van der Waals surface area (Å²) in [7, 11) is -3.81. The van der Waals surface area contributed by atoms with Crippen molar-refractivity contribution in [1.82, 2.24) is 0 Å². The second-order valence-electron chi connectivity index (χ2n) is 4.96. The number of carbonyl (C=O) groups excluding carboxylic acids is 1. The van der Waals surface area contributed by atoms with Gasteiger partial charge in [-0.15, -0.1) is 0 Å². The number of alkyl halides is 2. The number of hydrogen-bond donors (Lipinski definition) is 0. The third-order valence-corrected chi connectivity index (χ3v) is 5.87. The zero-order valence-corrected chi connectivity index (χ0v) is 12.2. The maximum atomic E-state index is 13.1. The molecule has 3 saturated heterocycles. The Morgan fingerprint density at radius 3 is 2.82 bits per heavy atom. The lowest BCUT2D eigenvalue weighted by molar-refractivity contribution is -0.777. The van der Waals surface area contributed by atoms with Crippen molar-refractivity contribution in [2.75, 3.05) is 6.61 Å². The van der Waals surface area contributed by atoms with Crippen LogP contribution in [0.25, 0.3) is 0 Å². The predicted octanol–water partition coefficient (Wildman–Crippen LogP) is -1.12. The van der Waals surface area contributed by atoms with E-state index in [0.29, 0.717) is 0 Å². The van der Waals surface area contributed by atoms with Crippen LogP contribution in [0.15, 0.2) is 0 Å². The fourth-order valence-corrected chi connectivity index (χ4v) is 4.78. The van der Waals surface area contributed by atoms with Crippen LogP contribution in [-0.4, -0.2) is 49.8 Å². The monoisotopic (exact) mass is 363 g/mol. The first-order valence-electron chi connectivity index (χ1n) is 6.01. The number of esters is 1. The Kier molecular flexibility index (Phi) is 4.08. The van der Waals surface area contributed by atoms with Crippen LogP contribution in [0.1, 0.15) is 6.42 Å². The molecule has 22 heavy (non-hydrogen) atoms. The number of halogens is 2. The van der Waals surface area contributed by atoms with Crippen molar-refractivity contribution >= 4 is 28.1 Å². The number of carbonyl (C=O) groups is 1. The molecule has 0 aliphatic carbocycles. The average molecular weight is 363 g/mol. The molecule has 2 bridgehead atoms. The van der Waals surface area contributed by atoms with Crippen LogP contribution in [0.5, 0.6) is 0 Å². The molecule has 126 valence electrons. The van der Waals surface area contributed by atoms with Gasteiger partial charge in [-0.25, -0.2) is 0 Å². The molecule has 5 unspecified atom stereocenters. The van der Waals surface area contributed by atoms with E-state index in [-0.39, 0.29) is 6.42 Å². The largest absolute Gasteiger partial charge is 0.691 e. The maximum Gasteiger partial charge on any atom is 0.354 e. The highest BCUT2D eigenvalue weighted by molar-refractivity contribution is 7.95. The fourth-order valence-electron chi connectivity index (χ4n) is 2.89. The standard InChI is InChI=1S/C9H10F2O9S2/c10-9(11,21-20-19-13)2-16-8(12)5-3-1-4-6(17-3)7(5)18-22(4,14)15/h3-7,13H,1-2H2/p-1. The summed E-state index contributed by atoms with van der Waals surface area (Å²) in [5.41, 5.74) is 0. The van der Waals surface area contributed by atoms with Crippen molar-refractivity contribution in [3.63, 3.8) is 0 Å². The Bertz CT molecular complexity index is 567. The summed E-state index contributed by atoms with van der Waals surface area (Å²) in [5, 5.41) is 7.72. The van der Waals surface area contributed by atoms with Gasteiger partial charge in [0.1, 0.15) is 35.4 Å². The van der Waals surface area contributed by atoms with Crippen LogP contribution in [-0.2, 0) is 37.9 Å². The third-order valence-electron chi connectivity index (χ3n) is 3.70. The summed E-state index contributed by atoms with van der Waals surface area (Å²) >= 11 is -0.611.